The van der Waals surface area contributed by atoms with Crippen LogP contribution in [0, 0.1) is 6.92 Å². The van der Waals surface area contributed by atoms with Crippen molar-refractivity contribution in [2.24, 2.45) is 0 Å². The van der Waals surface area contributed by atoms with Gasteiger partial charge in [0.25, 0.3) is 0 Å². The van der Waals surface area contributed by atoms with Gasteiger partial charge in [0.15, 0.2) is 15.4 Å². The maximum atomic E-state index is 13.6. The lowest BCUT2D eigenvalue weighted by Crippen LogP contribution is -2.30. The number of hydrogen-bond acceptors (Lipinski definition) is 5. The minimum atomic E-state index is -3.31. The molecule has 0 bridgehead atoms. The van der Waals surface area contributed by atoms with Crippen LogP contribution >= 0.6 is 0 Å². The van der Waals surface area contributed by atoms with Crippen molar-refractivity contribution in [3.63, 3.8) is 0 Å². The molecule has 1 unspecified atom stereocenters. The van der Waals surface area contributed by atoms with Gasteiger partial charge in [-0.3, -0.25) is 4.79 Å². The zero-order valence-electron chi connectivity index (χ0n) is 17.4. The molecular weight excluding hydrogens is 412 g/mol. The lowest BCUT2D eigenvalue weighted by molar-refractivity contribution is -0.119. The molecular formula is C24H22N2O4S. The number of rotatable bonds is 5. The first kappa shape index (κ1) is 20.8. The molecule has 0 saturated heterocycles. The fourth-order valence-electron chi connectivity index (χ4n) is 3.39. The summed E-state index contributed by atoms with van der Waals surface area (Å²) < 4.78 is 29.4. The molecule has 0 saturated carbocycles. The molecule has 1 heterocycles. The average Bonchev–Trinajstić information content (AvgIpc) is 3.16. The lowest BCUT2D eigenvalue weighted by atomic mass is 9.99. The summed E-state index contributed by atoms with van der Waals surface area (Å²) in [6, 6.07) is 21.5. The normalized spacial score (nSPS) is 12.6. The van der Waals surface area contributed by atoms with E-state index in [-0.39, 0.29) is 16.8 Å². The Balaban J connectivity index is 1.76. The van der Waals surface area contributed by atoms with Gasteiger partial charge in [-0.2, -0.15) is 4.98 Å². The second-order valence-corrected chi connectivity index (χ2v) is 9.56. The topological polar surface area (TPSA) is 80.5 Å². The van der Waals surface area contributed by atoms with Crippen LogP contribution in [-0.2, 0) is 14.6 Å². The number of nitrogens with zero attached hydrogens (tertiary/aromatic N) is 2. The SMILES string of the molecule is Cc1cccc(N(C(=O)C(C)c2ccc(S(C)(=O)=O)cc2)c2nc3ccccc3o2)c1. The lowest BCUT2D eigenvalue weighted by Gasteiger charge is -2.23. The van der Waals surface area contributed by atoms with E-state index in [1.165, 1.54) is 17.0 Å². The molecule has 0 N–H and O–H groups in total. The maximum absolute atomic E-state index is 13.6. The van der Waals surface area contributed by atoms with Crippen LogP contribution in [-0.4, -0.2) is 25.6 Å². The van der Waals surface area contributed by atoms with Gasteiger partial charge in [-0.15, -0.1) is 0 Å². The van der Waals surface area contributed by atoms with E-state index < -0.39 is 15.8 Å². The summed E-state index contributed by atoms with van der Waals surface area (Å²) in [4.78, 5) is 19.8. The number of anilines is 2. The molecule has 3 aromatic carbocycles. The van der Waals surface area contributed by atoms with Crippen LogP contribution in [0.4, 0.5) is 11.7 Å². The summed E-state index contributed by atoms with van der Waals surface area (Å²) in [6.07, 6.45) is 1.16. The number of para-hydroxylation sites is 2. The Morgan fingerprint density at radius 3 is 2.35 bits per heavy atom. The molecule has 7 heteroatoms. The number of sulfone groups is 1. The van der Waals surface area contributed by atoms with E-state index in [1.54, 1.807) is 25.1 Å². The van der Waals surface area contributed by atoms with Crippen molar-refractivity contribution in [2.45, 2.75) is 24.7 Å². The van der Waals surface area contributed by atoms with Crippen molar-refractivity contribution >= 4 is 38.5 Å². The molecule has 0 aliphatic heterocycles. The Labute approximate surface area is 181 Å². The first-order valence-corrected chi connectivity index (χ1v) is 11.7. The van der Waals surface area contributed by atoms with Crippen LogP contribution in [0.2, 0.25) is 0 Å². The predicted molar refractivity (Wildman–Crippen MR) is 120 cm³/mol. The van der Waals surface area contributed by atoms with Crippen LogP contribution in [0.3, 0.4) is 0 Å². The maximum Gasteiger partial charge on any atom is 0.310 e. The highest BCUT2D eigenvalue weighted by atomic mass is 32.2. The second kappa shape index (κ2) is 8.00. The molecule has 31 heavy (non-hydrogen) atoms. The van der Waals surface area contributed by atoms with Gasteiger partial charge in [0, 0.05) is 6.26 Å². The Hall–Kier alpha value is -3.45. The van der Waals surface area contributed by atoms with E-state index in [1.807, 2.05) is 49.4 Å². The number of oxazole rings is 1. The molecule has 4 rings (SSSR count). The van der Waals surface area contributed by atoms with Gasteiger partial charge in [0.1, 0.15) is 5.52 Å². The minimum Gasteiger partial charge on any atom is -0.423 e. The van der Waals surface area contributed by atoms with Gasteiger partial charge in [0.2, 0.25) is 5.91 Å². The zero-order valence-corrected chi connectivity index (χ0v) is 18.3. The van der Waals surface area contributed by atoms with E-state index in [2.05, 4.69) is 4.98 Å². The molecule has 0 spiro atoms. The standard InChI is InChI=1S/C24H22N2O4S/c1-16-7-6-8-19(15-16)26(24-25-21-9-4-5-10-22(21)30-24)23(27)17(2)18-11-13-20(14-12-18)31(3,28)29/h4-15,17H,1-3H3. The second-order valence-electron chi connectivity index (χ2n) is 7.54. The first-order chi connectivity index (χ1) is 14.7. The van der Waals surface area contributed by atoms with E-state index in [0.29, 0.717) is 22.4 Å². The Morgan fingerprint density at radius 1 is 1.00 bits per heavy atom. The Kier molecular flexibility index (Phi) is 5.37. The number of carbonyl (C=O) groups is 1. The highest BCUT2D eigenvalue weighted by Gasteiger charge is 2.29. The van der Waals surface area contributed by atoms with Crippen molar-refractivity contribution < 1.29 is 17.6 Å². The average molecular weight is 435 g/mol. The minimum absolute atomic E-state index is 0.191. The predicted octanol–water partition coefficient (Wildman–Crippen LogP) is 5.01. The summed E-state index contributed by atoms with van der Waals surface area (Å²) in [5, 5.41) is 0. The summed E-state index contributed by atoms with van der Waals surface area (Å²) >= 11 is 0. The number of hydrogen-bond donors (Lipinski definition) is 0. The molecule has 1 atom stereocenters. The highest BCUT2D eigenvalue weighted by Crippen LogP contribution is 2.32. The molecule has 1 amide bonds. The quantitative estimate of drug-likeness (QED) is 0.441. The monoisotopic (exact) mass is 434 g/mol. The van der Waals surface area contributed by atoms with E-state index in [9.17, 15) is 13.2 Å². The summed E-state index contributed by atoms with van der Waals surface area (Å²) in [7, 11) is -3.31. The van der Waals surface area contributed by atoms with Gasteiger partial charge < -0.3 is 4.42 Å². The highest BCUT2D eigenvalue weighted by molar-refractivity contribution is 7.90. The van der Waals surface area contributed by atoms with Crippen LogP contribution < -0.4 is 4.90 Å². The van der Waals surface area contributed by atoms with Crippen molar-refractivity contribution in [2.75, 3.05) is 11.2 Å². The van der Waals surface area contributed by atoms with E-state index in [4.69, 9.17) is 4.42 Å². The number of fused-ring (bicyclic) bond motifs is 1. The first-order valence-electron chi connectivity index (χ1n) is 9.80. The van der Waals surface area contributed by atoms with E-state index >= 15 is 0 Å². The van der Waals surface area contributed by atoms with Gasteiger partial charge in [-0.1, -0.05) is 36.4 Å². The largest absolute Gasteiger partial charge is 0.423 e. The molecule has 1 aromatic heterocycles. The van der Waals surface area contributed by atoms with Crippen LogP contribution in [0.5, 0.6) is 0 Å². The third-order valence-corrected chi connectivity index (χ3v) is 6.26. The van der Waals surface area contributed by atoms with Crippen molar-refractivity contribution in [3.05, 3.63) is 83.9 Å². The smallest absolute Gasteiger partial charge is 0.310 e. The summed E-state index contributed by atoms with van der Waals surface area (Å²) in [5.41, 5.74) is 3.60. The Morgan fingerprint density at radius 2 is 1.71 bits per heavy atom. The molecule has 0 radical (unpaired) electrons. The Bertz CT molecular complexity index is 1320. The van der Waals surface area contributed by atoms with Crippen LogP contribution in [0.25, 0.3) is 11.1 Å². The fraction of sp³-hybridized carbons (Fsp3) is 0.167. The summed E-state index contributed by atoms with van der Waals surface area (Å²) in [5.74, 6) is -0.784. The van der Waals surface area contributed by atoms with Gasteiger partial charge in [-0.05, 0) is 61.4 Å². The molecule has 4 aromatic rings. The van der Waals surface area contributed by atoms with Crippen molar-refractivity contribution in [1.29, 1.82) is 0 Å². The van der Waals surface area contributed by atoms with Gasteiger partial charge in [-0.25, -0.2) is 13.3 Å². The van der Waals surface area contributed by atoms with E-state index in [0.717, 1.165) is 11.8 Å². The number of amides is 1. The zero-order chi connectivity index (χ0) is 22.2. The van der Waals surface area contributed by atoms with Gasteiger partial charge >= 0.3 is 6.01 Å². The summed E-state index contributed by atoms with van der Waals surface area (Å²) in [6.45, 7) is 3.73. The van der Waals surface area contributed by atoms with Crippen molar-refractivity contribution in [3.8, 4) is 0 Å². The van der Waals surface area contributed by atoms with Crippen molar-refractivity contribution in [1.82, 2.24) is 4.98 Å². The van der Waals surface area contributed by atoms with Crippen LogP contribution in [0.1, 0.15) is 24.0 Å². The molecule has 0 aliphatic carbocycles. The van der Waals surface area contributed by atoms with Crippen LogP contribution in [0.15, 0.2) is 82.1 Å². The molecule has 0 aliphatic rings. The number of benzene rings is 3. The fourth-order valence-corrected chi connectivity index (χ4v) is 4.03. The molecule has 6 nitrogen and oxygen atoms in total. The third-order valence-electron chi connectivity index (χ3n) is 5.13. The number of carbonyl (C=O) groups excluding carboxylic acids is 1. The number of aryl methyl sites for hydroxylation is 1. The molecule has 0 fully saturated rings. The van der Waals surface area contributed by atoms with Gasteiger partial charge in [0.05, 0.1) is 16.5 Å². The number of aromatic nitrogens is 1. The third kappa shape index (κ3) is 4.22. The molecule has 158 valence electrons.